The van der Waals surface area contributed by atoms with Crippen molar-refractivity contribution in [2.75, 3.05) is 19.6 Å². The molecule has 1 saturated heterocycles. The van der Waals surface area contributed by atoms with E-state index in [2.05, 4.69) is 27.3 Å². The van der Waals surface area contributed by atoms with Crippen molar-refractivity contribution < 1.29 is 60.3 Å². The molecule has 4 atom stereocenters. The molecule has 0 aromatic rings. The van der Waals surface area contributed by atoms with Crippen molar-refractivity contribution in [3.05, 3.63) is 23.7 Å². The maximum atomic E-state index is 13.4. The Bertz CT molecular complexity index is 1420. The number of hydrogen-bond acceptors (Lipinski definition) is 15. The first-order valence-corrected chi connectivity index (χ1v) is 17.5. The predicted molar refractivity (Wildman–Crippen MR) is 179 cm³/mol. The van der Waals surface area contributed by atoms with Crippen LogP contribution in [-0.2, 0) is 14.4 Å². The average molecular weight is 727 g/mol. The van der Waals surface area contributed by atoms with Crippen molar-refractivity contribution in [3.8, 4) is 0 Å². The van der Waals surface area contributed by atoms with E-state index in [4.69, 9.17) is 0 Å². The number of fused-ring (bicyclic) bond motifs is 1. The van der Waals surface area contributed by atoms with E-state index in [1.54, 1.807) is 6.92 Å². The number of carbonyl (C=O) groups excluding carboxylic acids is 3. The van der Waals surface area contributed by atoms with E-state index in [9.17, 15) is 60.3 Å². The number of aliphatic hydroxyl groups is 9. The van der Waals surface area contributed by atoms with Crippen LogP contribution in [0.15, 0.2) is 17.6 Å². The summed E-state index contributed by atoms with van der Waals surface area (Å²) in [4.78, 5) is 40.8. The smallest absolute Gasteiger partial charge is 0.283 e. The minimum atomic E-state index is -4.53. The second kappa shape index (κ2) is 13.8. The van der Waals surface area contributed by atoms with Crippen molar-refractivity contribution in [3.63, 3.8) is 0 Å². The van der Waals surface area contributed by atoms with Crippen LogP contribution in [0.2, 0.25) is 0 Å². The molecule has 0 aromatic heterocycles. The van der Waals surface area contributed by atoms with Crippen molar-refractivity contribution in [1.29, 1.82) is 0 Å². The largest absolute Gasteiger partial charge is 0.412 e. The molecule has 0 aromatic carbocycles. The monoisotopic (exact) mass is 726 g/mol. The van der Waals surface area contributed by atoms with Gasteiger partial charge in [-0.3, -0.25) is 9.59 Å². The molecule has 4 unspecified atom stereocenters. The van der Waals surface area contributed by atoms with Crippen LogP contribution in [0.3, 0.4) is 0 Å². The van der Waals surface area contributed by atoms with E-state index in [-0.39, 0.29) is 48.6 Å². The number of likely N-dealkylation sites (tertiary alicyclic amines) is 1. The third-order valence-electron chi connectivity index (χ3n) is 11.0. The van der Waals surface area contributed by atoms with Gasteiger partial charge in [0, 0.05) is 24.9 Å². The number of Topliss-reactive ketones (excluding diaryl/α,β-unsaturated/α-hetero) is 1. The molecule has 290 valence electrons. The number of nitrogens with one attached hydrogen (secondary N) is 4. The Labute approximate surface area is 297 Å². The highest BCUT2D eigenvalue weighted by molar-refractivity contribution is 5.99. The normalized spacial score (nSPS) is 29.9. The van der Waals surface area contributed by atoms with Crippen LogP contribution < -0.4 is 21.3 Å². The number of amides is 2. The summed E-state index contributed by atoms with van der Waals surface area (Å²) in [7, 11) is 0. The zero-order valence-electron chi connectivity index (χ0n) is 30.2. The molecular weight excluding hydrogens is 670 g/mol. The zero-order valence-corrected chi connectivity index (χ0v) is 30.2. The summed E-state index contributed by atoms with van der Waals surface area (Å²) in [5.74, 6) is -19.2. The lowest BCUT2D eigenvalue weighted by atomic mass is 9.56. The maximum Gasteiger partial charge on any atom is 0.283 e. The maximum absolute atomic E-state index is 13.4. The molecule has 17 nitrogen and oxygen atoms in total. The fourth-order valence-corrected chi connectivity index (χ4v) is 6.83. The van der Waals surface area contributed by atoms with Crippen LogP contribution in [0.25, 0.3) is 0 Å². The van der Waals surface area contributed by atoms with Gasteiger partial charge in [-0.2, -0.15) is 0 Å². The van der Waals surface area contributed by atoms with Crippen molar-refractivity contribution in [2.24, 2.45) is 17.3 Å². The Morgan fingerprint density at radius 3 is 2.10 bits per heavy atom. The molecule has 2 saturated carbocycles. The summed E-state index contributed by atoms with van der Waals surface area (Å²) in [6.45, 7) is 10.7. The first kappa shape index (κ1) is 40.9. The fourth-order valence-electron chi connectivity index (χ4n) is 6.83. The number of nitrogens with zero attached hydrogens (tertiary/aromatic N) is 1. The van der Waals surface area contributed by atoms with Crippen molar-refractivity contribution >= 4 is 17.6 Å². The van der Waals surface area contributed by atoms with Crippen LogP contribution in [0, 0.1) is 23.3 Å². The van der Waals surface area contributed by atoms with Crippen LogP contribution in [0.1, 0.15) is 86.5 Å². The third kappa shape index (κ3) is 7.00. The fraction of sp³-hybridized carbons (Fsp3) is 0.794. The van der Waals surface area contributed by atoms with Gasteiger partial charge in [0.1, 0.15) is 11.6 Å². The Morgan fingerprint density at radius 2 is 1.53 bits per heavy atom. The van der Waals surface area contributed by atoms with E-state index in [0.29, 0.717) is 31.0 Å². The van der Waals surface area contributed by atoms with Gasteiger partial charge in [-0.15, -0.1) is 6.42 Å². The first-order valence-electron chi connectivity index (χ1n) is 17.5. The van der Waals surface area contributed by atoms with E-state index in [0.717, 1.165) is 12.8 Å². The van der Waals surface area contributed by atoms with Crippen LogP contribution in [0.4, 0.5) is 0 Å². The molecule has 17 heteroatoms. The third-order valence-corrected chi connectivity index (χ3v) is 11.0. The average Bonchev–Trinajstić information content (AvgIpc) is 3.60. The highest BCUT2D eigenvalue weighted by atomic mass is 16.7. The Balaban J connectivity index is 1.50. The van der Waals surface area contributed by atoms with Gasteiger partial charge in [0.25, 0.3) is 23.1 Å². The van der Waals surface area contributed by atoms with E-state index < -0.39 is 70.9 Å². The molecule has 2 aliphatic heterocycles. The standard InChI is InChI=1S/C34H56N5O12/c1-19(2)9-12-22(37-21-10-11-21)24(40)17-36-27(42)23-8-7-15-39(23)26(41)18-35-25-16-30(43)29(38-25,14-13-20(3)28(4,5)6)31(44,45)33(48,49)34(50,51)32(30,46)47/h16,19-21,23,35,37-38,43-51H,7-11,13-15,17-18H2,1-6H3,(H,36,42)/q-1. The molecule has 4 aliphatic rings. The molecular formula is C34H56N5O12-. The van der Waals surface area contributed by atoms with Gasteiger partial charge >= 0.3 is 0 Å². The van der Waals surface area contributed by atoms with E-state index >= 15 is 0 Å². The van der Waals surface area contributed by atoms with Crippen LogP contribution in [0.5, 0.6) is 0 Å². The van der Waals surface area contributed by atoms with Crippen molar-refractivity contribution in [1.82, 2.24) is 26.2 Å². The van der Waals surface area contributed by atoms with Gasteiger partial charge in [0.15, 0.2) is 5.60 Å². The zero-order chi connectivity index (χ0) is 38.6. The lowest BCUT2D eigenvalue weighted by Gasteiger charge is -2.65. The Kier molecular flexibility index (Phi) is 11.1. The molecule has 0 bridgehead atoms. The topological polar surface area (TPSA) is 285 Å². The van der Waals surface area contributed by atoms with E-state index in [1.807, 2.05) is 34.6 Å². The van der Waals surface area contributed by atoms with Gasteiger partial charge in [-0.05, 0) is 55.9 Å². The van der Waals surface area contributed by atoms with Crippen molar-refractivity contribution in [2.45, 2.75) is 133 Å². The molecule has 2 heterocycles. The highest BCUT2D eigenvalue weighted by Crippen LogP contribution is 2.59. The SMILES string of the molecule is CC(C)C[C-]=C(NC1CC1)C(=O)CNC(=O)C1CCCN1C(=O)CNC1=CC2(O)C(O)(O)C(O)(O)C(O)(O)C(O)(O)C2(CCC(C)C(C)(C)C)N1. The summed E-state index contributed by atoms with van der Waals surface area (Å²) >= 11 is 0. The summed E-state index contributed by atoms with van der Waals surface area (Å²) in [5.41, 5.74) is -6.40. The van der Waals surface area contributed by atoms with Gasteiger partial charge in [-0.25, -0.2) is 6.08 Å². The summed E-state index contributed by atoms with van der Waals surface area (Å²) in [6, 6.07) is -0.718. The quantitative estimate of drug-likeness (QED) is 0.0478. The molecule has 51 heavy (non-hydrogen) atoms. The molecule has 3 fully saturated rings. The minimum Gasteiger partial charge on any atom is -0.412 e. The number of ketones is 1. The van der Waals surface area contributed by atoms with Gasteiger partial charge in [0.05, 0.1) is 12.4 Å². The number of hydrogen-bond donors (Lipinski definition) is 13. The molecule has 13 N–H and O–H groups in total. The molecule has 2 aliphatic carbocycles. The highest BCUT2D eigenvalue weighted by Gasteiger charge is 2.91. The van der Waals surface area contributed by atoms with Gasteiger partial charge in [-0.1, -0.05) is 53.2 Å². The molecule has 0 spiro atoms. The predicted octanol–water partition coefficient (Wildman–Crippen LogP) is -3.15. The number of rotatable bonds is 14. The summed E-state index contributed by atoms with van der Waals surface area (Å²) in [6.07, 6.45) is 6.34. The van der Waals surface area contributed by atoms with Gasteiger partial charge in [0.2, 0.25) is 11.8 Å². The molecule has 2 amide bonds. The lowest BCUT2D eigenvalue weighted by Crippen LogP contribution is -2.96. The Morgan fingerprint density at radius 1 is 0.922 bits per heavy atom. The minimum absolute atomic E-state index is 0.00844. The lowest BCUT2D eigenvalue weighted by molar-refractivity contribution is -0.565. The second-order valence-electron chi connectivity index (χ2n) is 16.2. The van der Waals surface area contributed by atoms with Gasteiger partial charge < -0.3 is 76.9 Å². The molecule has 0 radical (unpaired) electrons. The van der Waals surface area contributed by atoms with E-state index in [1.165, 1.54) is 4.90 Å². The van der Waals surface area contributed by atoms with Crippen LogP contribution >= 0.6 is 0 Å². The Hall–Kier alpha value is -2.87. The first-order chi connectivity index (χ1) is 23.3. The number of allylic oxidation sites excluding steroid dienone is 1. The second-order valence-corrected chi connectivity index (χ2v) is 16.2. The number of carbonyl (C=O) groups is 3. The summed E-state index contributed by atoms with van der Waals surface area (Å²) in [5, 5.41) is 109. The van der Waals surface area contributed by atoms with Crippen LogP contribution in [-0.4, -0.2) is 134 Å². The summed E-state index contributed by atoms with van der Waals surface area (Å²) < 4.78 is 0. The molecule has 4 rings (SSSR count).